The van der Waals surface area contributed by atoms with Crippen molar-refractivity contribution < 1.29 is 14.0 Å². The Labute approximate surface area is 165 Å². The van der Waals surface area contributed by atoms with E-state index in [2.05, 4.69) is 15.2 Å². The van der Waals surface area contributed by atoms with Crippen LogP contribution < -0.4 is 5.32 Å². The van der Waals surface area contributed by atoms with Gasteiger partial charge in [-0.1, -0.05) is 0 Å². The third-order valence-corrected chi connectivity index (χ3v) is 4.68. The molecule has 150 valence electrons. The van der Waals surface area contributed by atoms with Gasteiger partial charge in [-0.05, 0) is 51.3 Å². The molecule has 0 aliphatic carbocycles. The van der Waals surface area contributed by atoms with Gasteiger partial charge in [0, 0.05) is 44.6 Å². The number of hydrogen-bond donors (Lipinski definition) is 1. The van der Waals surface area contributed by atoms with Crippen molar-refractivity contribution in [2.24, 2.45) is 0 Å². The molecule has 3 heterocycles. The minimum atomic E-state index is -0.140. The minimum Gasteiger partial charge on any atom is -0.459 e. The van der Waals surface area contributed by atoms with Gasteiger partial charge in [-0.3, -0.25) is 14.6 Å². The maximum atomic E-state index is 12.8. The smallest absolute Gasteiger partial charge is 0.289 e. The molecule has 2 aromatic heterocycles. The van der Waals surface area contributed by atoms with Crippen LogP contribution in [-0.4, -0.2) is 84.9 Å². The summed E-state index contributed by atoms with van der Waals surface area (Å²) in [4.78, 5) is 34.9. The lowest BCUT2D eigenvalue weighted by Gasteiger charge is -2.34. The van der Waals surface area contributed by atoms with Crippen LogP contribution in [0.5, 0.6) is 0 Å². The number of piperazine rings is 1. The van der Waals surface area contributed by atoms with E-state index in [1.165, 1.54) is 6.26 Å². The highest BCUT2D eigenvalue weighted by Crippen LogP contribution is 2.14. The van der Waals surface area contributed by atoms with E-state index >= 15 is 0 Å². The van der Waals surface area contributed by atoms with Gasteiger partial charge >= 0.3 is 0 Å². The van der Waals surface area contributed by atoms with E-state index < -0.39 is 0 Å². The van der Waals surface area contributed by atoms with Gasteiger partial charge in [-0.25, -0.2) is 0 Å². The lowest BCUT2D eigenvalue weighted by Crippen LogP contribution is -2.50. The third kappa shape index (κ3) is 5.10. The molecule has 28 heavy (non-hydrogen) atoms. The zero-order chi connectivity index (χ0) is 19.9. The first-order valence-electron chi connectivity index (χ1n) is 9.51. The van der Waals surface area contributed by atoms with Crippen molar-refractivity contribution in [2.45, 2.75) is 6.42 Å². The SMILES string of the molecule is CN(C)CCCNc1ccnc(C(=O)N2CCN(C(=O)c3ccco3)CC2)c1. The van der Waals surface area contributed by atoms with Crippen molar-refractivity contribution in [1.29, 1.82) is 0 Å². The molecule has 8 nitrogen and oxygen atoms in total. The normalized spacial score (nSPS) is 14.4. The van der Waals surface area contributed by atoms with Gasteiger partial charge in [-0.2, -0.15) is 0 Å². The summed E-state index contributed by atoms with van der Waals surface area (Å²) < 4.78 is 5.17. The minimum absolute atomic E-state index is 0.109. The Morgan fingerprint density at radius 1 is 1.14 bits per heavy atom. The molecule has 0 radical (unpaired) electrons. The van der Waals surface area contributed by atoms with Gasteiger partial charge in [0.1, 0.15) is 5.69 Å². The standard InChI is InChI=1S/C20H27N5O3/c1-23(2)9-4-7-21-16-6-8-22-17(15-16)19(26)24-10-12-25(13-11-24)20(27)18-5-3-14-28-18/h3,5-6,8,14-15H,4,7,9-13H2,1-2H3,(H,21,22). The zero-order valence-corrected chi connectivity index (χ0v) is 16.4. The number of pyridine rings is 1. The van der Waals surface area contributed by atoms with Crippen molar-refractivity contribution in [3.8, 4) is 0 Å². The van der Waals surface area contributed by atoms with E-state index in [4.69, 9.17) is 4.42 Å². The quantitative estimate of drug-likeness (QED) is 0.730. The second kappa shape index (κ2) is 9.36. The summed E-state index contributed by atoms with van der Waals surface area (Å²) >= 11 is 0. The van der Waals surface area contributed by atoms with Crippen LogP contribution in [0.25, 0.3) is 0 Å². The molecule has 0 atom stereocenters. The summed E-state index contributed by atoms with van der Waals surface area (Å²) in [5.41, 5.74) is 1.31. The predicted octanol–water partition coefficient (Wildman–Crippen LogP) is 1.64. The Hall–Kier alpha value is -2.87. The highest BCUT2D eigenvalue weighted by atomic mass is 16.3. The molecular formula is C20H27N5O3. The number of rotatable bonds is 7. The predicted molar refractivity (Wildman–Crippen MR) is 106 cm³/mol. The van der Waals surface area contributed by atoms with E-state index in [0.29, 0.717) is 37.6 Å². The van der Waals surface area contributed by atoms with Crippen LogP contribution in [0.15, 0.2) is 41.1 Å². The van der Waals surface area contributed by atoms with Crippen LogP contribution in [0.4, 0.5) is 5.69 Å². The molecule has 0 bridgehead atoms. The first kappa shape index (κ1) is 19.9. The first-order valence-corrected chi connectivity index (χ1v) is 9.51. The van der Waals surface area contributed by atoms with Gasteiger partial charge < -0.3 is 24.4 Å². The zero-order valence-electron chi connectivity index (χ0n) is 16.4. The number of carbonyl (C=O) groups is 2. The molecule has 0 unspecified atom stereocenters. The Balaban J connectivity index is 1.52. The molecule has 2 aromatic rings. The average Bonchev–Trinajstić information content (AvgIpc) is 3.25. The Bertz CT molecular complexity index is 783. The molecule has 3 rings (SSSR count). The highest BCUT2D eigenvalue weighted by molar-refractivity contribution is 5.94. The van der Waals surface area contributed by atoms with Crippen LogP contribution in [0.2, 0.25) is 0 Å². The lowest BCUT2D eigenvalue weighted by atomic mass is 10.2. The molecule has 0 aromatic carbocycles. The van der Waals surface area contributed by atoms with E-state index in [0.717, 1.165) is 25.2 Å². The lowest BCUT2D eigenvalue weighted by molar-refractivity contribution is 0.0515. The Morgan fingerprint density at radius 3 is 2.50 bits per heavy atom. The number of amides is 2. The van der Waals surface area contributed by atoms with Gasteiger partial charge in [-0.15, -0.1) is 0 Å². The van der Waals surface area contributed by atoms with E-state index in [-0.39, 0.29) is 11.8 Å². The highest BCUT2D eigenvalue weighted by Gasteiger charge is 2.27. The number of anilines is 1. The summed E-state index contributed by atoms with van der Waals surface area (Å²) in [5, 5.41) is 3.34. The Morgan fingerprint density at radius 2 is 1.86 bits per heavy atom. The van der Waals surface area contributed by atoms with Crippen LogP contribution in [0.1, 0.15) is 27.5 Å². The van der Waals surface area contributed by atoms with Crippen LogP contribution in [0.3, 0.4) is 0 Å². The summed E-state index contributed by atoms with van der Waals surface area (Å²) in [5.74, 6) is 0.0793. The van der Waals surface area contributed by atoms with Crippen LogP contribution >= 0.6 is 0 Å². The van der Waals surface area contributed by atoms with Crippen molar-refractivity contribution in [3.05, 3.63) is 48.2 Å². The van der Waals surface area contributed by atoms with Crippen LogP contribution in [-0.2, 0) is 0 Å². The summed E-state index contributed by atoms with van der Waals surface area (Å²) in [6.45, 7) is 3.76. The summed E-state index contributed by atoms with van der Waals surface area (Å²) in [6, 6.07) is 7.01. The number of nitrogens with one attached hydrogen (secondary N) is 1. The molecule has 1 N–H and O–H groups in total. The second-order valence-corrected chi connectivity index (χ2v) is 7.08. The molecule has 1 saturated heterocycles. The molecule has 0 saturated carbocycles. The maximum Gasteiger partial charge on any atom is 0.289 e. The number of furan rings is 1. The van der Waals surface area contributed by atoms with Crippen molar-refractivity contribution in [1.82, 2.24) is 19.7 Å². The molecular weight excluding hydrogens is 358 g/mol. The van der Waals surface area contributed by atoms with Gasteiger partial charge in [0.2, 0.25) is 0 Å². The molecule has 0 spiro atoms. The third-order valence-electron chi connectivity index (χ3n) is 4.68. The topological polar surface area (TPSA) is 81.9 Å². The maximum absolute atomic E-state index is 12.8. The van der Waals surface area contributed by atoms with Crippen molar-refractivity contribution >= 4 is 17.5 Å². The van der Waals surface area contributed by atoms with Crippen LogP contribution in [0, 0.1) is 0 Å². The summed E-state index contributed by atoms with van der Waals surface area (Å²) in [6.07, 6.45) is 4.16. The monoisotopic (exact) mass is 385 g/mol. The number of aromatic nitrogens is 1. The van der Waals surface area contributed by atoms with Gasteiger partial charge in [0.05, 0.1) is 6.26 Å². The van der Waals surface area contributed by atoms with E-state index in [1.54, 1.807) is 34.2 Å². The number of hydrogen-bond acceptors (Lipinski definition) is 6. The number of carbonyl (C=O) groups excluding carboxylic acids is 2. The Kier molecular flexibility index (Phi) is 6.65. The molecule has 2 amide bonds. The largest absolute Gasteiger partial charge is 0.459 e. The summed E-state index contributed by atoms with van der Waals surface area (Å²) in [7, 11) is 4.09. The van der Waals surface area contributed by atoms with Gasteiger partial charge in [0.15, 0.2) is 5.76 Å². The van der Waals surface area contributed by atoms with Crippen molar-refractivity contribution in [2.75, 3.05) is 58.7 Å². The van der Waals surface area contributed by atoms with Gasteiger partial charge in [0.25, 0.3) is 11.8 Å². The average molecular weight is 385 g/mol. The molecule has 1 aliphatic rings. The fourth-order valence-electron chi connectivity index (χ4n) is 3.12. The van der Waals surface area contributed by atoms with E-state index in [1.807, 2.05) is 20.2 Å². The fraction of sp³-hybridized carbons (Fsp3) is 0.450. The number of nitrogens with zero attached hydrogens (tertiary/aromatic N) is 4. The molecule has 1 fully saturated rings. The molecule has 8 heteroatoms. The molecule has 1 aliphatic heterocycles. The van der Waals surface area contributed by atoms with Crippen molar-refractivity contribution in [3.63, 3.8) is 0 Å². The fourth-order valence-corrected chi connectivity index (χ4v) is 3.12. The van der Waals surface area contributed by atoms with E-state index in [9.17, 15) is 9.59 Å². The second-order valence-electron chi connectivity index (χ2n) is 7.08. The first-order chi connectivity index (χ1) is 13.5.